The number of β-lactam (4-membered cyclic amide) rings is 1. The Kier molecular flexibility index (Phi) is 10.5. The molecule has 0 radical (unpaired) electrons. The molecule has 2 aliphatic heterocycles. The van der Waals surface area contributed by atoms with Crippen molar-refractivity contribution in [3.05, 3.63) is 44.6 Å². The summed E-state index contributed by atoms with van der Waals surface area (Å²) in [4.78, 5) is 64.8. The second-order valence-electron chi connectivity index (χ2n) is 8.75. The molecule has 2 amide bonds. The average molecular weight is 593 g/mol. The van der Waals surface area contributed by atoms with Gasteiger partial charge in [-0.05, 0) is 29.5 Å². The van der Waals surface area contributed by atoms with Crippen LogP contribution in [0.15, 0.2) is 38.8 Å². The lowest BCUT2D eigenvalue weighted by molar-refractivity contribution is -0.154. The molecule has 15 nitrogen and oxygen atoms in total. The number of esters is 2. The minimum absolute atomic E-state index is 0.0602. The molecule has 0 aliphatic carbocycles. The molecule has 17 heteroatoms. The Balaban J connectivity index is 1.83. The van der Waals surface area contributed by atoms with Crippen LogP contribution in [0.5, 0.6) is 0 Å². The Labute approximate surface area is 237 Å². The van der Waals surface area contributed by atoms with Crippen LogP contribution in [0.4, 0.5) is 5.13 Å². The molecule has 0 bridgehead atoms. The number of nitrogens with two attached hydrogens (primary N) is 1. The number of aromatic nitrogens is 1. The van der Waals surface area contributed by atoms with Crippen molar-refractivity contribution < 1.29 is 33.5 Å². The molecule has 1 aromatic heterocycles. The highest BCUT2D eigenvalue weighted by Crippen LogP contribution is 2.41. The summed E-state index contributed by atoms with van der Waals surface area (Å²) < 4.78 is 10.6. The maximum Gasteiger partial charge on any atom is 0.374 e. The lowest BCUT2D eigenvalue weighted by Gasteiger charge is -2.49. The van der Waals surface area contributed by atoms with E-state index in [2.05, 4.69) is 25.5 Å². The molecule has 0 aromatic carbocycles. The number of nitrogens with one attached hydrogen (secondary N) is 1. The lowest BCUT2D eigenvalue weighted by atomic mass is 10.0. The quantitative estimate of drug-likeness (QED) is 0.0415. The zero-order valence-corrected chi connectivity index (χ0v) is 23.8. The van der Waals surface area contributed by atoms with E-state index in [9.17, 15) is 19.2 Å². The number of carbonyl (C=O) groups excluding carboxylic acids is 4. The number of oxime groups is 1. The summed E-state index contributed by atoms with van der Waals surface area (Å²) in [5, 5.41) is 10.9. The van der Waals surface area contributed by atoms with Crippen LogP contribution >= 0.6 is 23.1 Å². The van der Waals surface area contributed by atoms with Gasteiger partial charge in [0.2, 0.25) is 5.76 Å². The molecule has 3 heterocycles. The number of hydrogen-bond donors (Lipinski definition) is 2. The number of ether oxygens (including phenoxy) is 2. The van der Waals surface area contributed by atoms with Gasteiger partial charge in [-0.2, -0.15) is 0 Å². The maximum absolute atomic E-state index is 13.3. The van der Waals surface area contributed by atoms with Gasteiger partial charge in [-0.1, -0.05) is 31.0 Å². The fourth-order valence-electron chi connectivity index (χ4n) is 3.63. The summed E-state index contributed by atoms with van der Waals surface area (Å²) >= 11 is 2.35. The highest BCUT2D eigenvalue weighted by Gasteiger charge is 2.54. The third-order valence-electron chi connectivity index (χ3n) is 5.36. The van der Waals surface area contributed by atoms with Crippen LogP contribution in [0.1, 0.15) is 32.9 Å². The molecule has 0 spiro atoms. The number of thiazole rings is 1. The number of nitrogens with zero attached hydrogens (tertiary/aromatic N) is 6. The molecule has 1 saturated heterocycles. The highest BCUT2D eigenvalue weighted by molar-refractivity contribution is 8.00. The number of allylic oxidation sites excluding steroid dienone is 1. The Hall–Kier alpha value is -4.08. The van der Waals surface area contributed by atoms with Crippen molar-refractivity contribution in [1.29, 1.82) is 0 Å². The molecule has 0 unspecified atom stereocenters. The molecule has 3 N–H and O–H groups in total. The highest BCUT2D eigenvalue weighted by atomic mass is 32.2. The summed E-state index contributed by atoms with van der Waals surface area (Å²) in [5.41, 5.74) is 14.6. The Morgan fingerprint density at radius 3 is 2.75 bits per heavy atom. The number of thioether (sulfide) groups is 1. The largest absolute Gasteiger partial charge is 0.460 e. The van der Waals surface area contributed by atoms with Gasteiger partial charge in [0.1, 0.15) is 29.9 Å². The molecular weight excluding hydrogens is 564 g/mol. The second kappa shape index (κ2) is 13.8. The van der Waals surface area contributed by atoms with Crippen molar-refractivity contribution in [3.63, 3.8) is 0 Å². The van der Waals surface area contributed by atoms with E-state index in [1.807, 2.05) is 13.8 Å². The van der Waals surface area contributed by atoms with Crippen LogP contribution in [-0.4, -0.2) is 76.8 Å². The molecular formula is C23H28N8O7S2. The number of amides is 2. The molecule has 2 aliphatic rings. The third kappa shape index (κ3) is 6.91. The standard InChI is InChI=1S/C23H28N8O7S2/c1-5-6-14(21(34)37-8-11(2)3)38-22(35)17-12(7-26-30-25)9-39-20-16(19(33)31(17)20)28-18(32)15(29-36-4)13-10-40-23(24)27-13/h6,10-11,16,20H,5,7-9H2,1-4H3,(H2,24,27)(H,28,32)/b14-6-,29-15-/t16-,20-/m1/s1. The predicted molar refractivity (Wildman–Crippen MR) is 146 cm³/mol. The van der Waals surface area contributed by atoms with E-state index in [-0.39, 0.29) is 52.8 Å². The number of rotatable bonds is 12. The number of nitrogen functional groups attached to an aromatic ring is 1. The monoisotopic (exact) mass is 592 g/mol. The van der Waals surface area contributed by atoms with Crippen LogP contribution in [0.2, 0.25) is 0 Å². The van der Waals surface area contributed by atoms with Gasteiger partial charge in [-0.15, -0.1) is 23.1 Å². The lowest BCUT2D eigenvalue weighted by Crippen LogP contribution is -2.71. The molecule has 3 rings (SSSR count). The van der Waals surface area contributed by atoms with Gasteiger partial charge in [0.15, 0.2) is 10.8 Å². The van der Waals surface area contributed by atoms with Crippen molar-refractivity contribution in [3.8, 4) is 0 Å². The van der Waals surface area contributed by atoms with Gasteiger partial charge in [0.25, 0.3) is 11.8 Å². The van der Waals surface area contributed by atoms with Crippen LogP contribution in [-0.2, 0) is 33.5 Å². The number of anilines is 1. The van der Waals surface area contributed by atoms with Crippen molar-refractivity contribution in [2.75, 3.05) is 31.7 Å². The van der Waals surface area contributed by atoms with E-state index in [1.165, 1.54) is 30.3 Å². The third-order valence-corrected chi connectivity index (χ3v) is 7.37. The fraction of sp³-hybridized carbons (Fsp3) is 0.478. The first kappa shape index (κ1) is 30.5. The predicted octanol–water partition coefficient (Wildman–Crippen LogP) is 2.08. The Morgan fingerprint density at radius 2 is 2.15 bits per heavy atom. The smallest absolute Gasteiger partial charge is 0.374 e. The minimum Gasteiger partial charge on any atom is -0.460 e. The molecule has 40 heavy (non-hydrogen) atoms. The molecule has 2 atom stereocenters. The zero-order valence-electron chi connectivity index (χ0n) is 22.2. The first-order valence-corrected chi connectivity index (χ1v) is 14.0. The minimum atomic E-state index is -1.03. The van der Waals surface area contributed by atoms with E-state index < -0.39 is 35.2 Å². The number of carbonyl (C=O) groups is 4. The summed E-state index contributed by atoms with van der Waals surface area (Å²) in [6.07, 6.45) is 1.77. The van der Waals surface area contributed by atoms with E-state index in [4.69, 9.17) is 25.6 Å². The molecule has 214 valence electrons. The SMILES string of the molecule is CC/C=C(\OC(=O)C1=C(CN=[N+]=[N-])CS[C@@H]2[C@H](NC(=O)/C(=N\OC)c3csc(N)n3)C(=O)N12)C(=O)OCC(C)C. The van der Waals surface area contributed by atoms with Crippen molar-refractivity contribution in [2.24, 2.45) is 16.2 Å². The van der Waals surface area contributed by atoms with Gasteiger partial charge in [0.05, 0.1) is 13.2 Å². The summed E-state index contributed by atoms with van der Waals surface area (Å²) in [6, 6.07) is -1.03. The fourth-order valence-corrected chi connectivity index (χ4v) is 5.51. The van der Waals surface area contributed by atoms with Gasteiger partial charge in [-0.25, -0.2) is 14.6 Å². The van der Waals surface area contributed by atoms with Gasteiger partial charge < -0.3 is 25.4 Å². The molecule has 1 aromatic rings. The van der Waals surface area contributed by atoms with Gasteiger partial charge >= 0.3 is 11.9 Å². The van der Waals surface area contributed by atoms with E-state index in [0.29, 0.717) is 12.0 Å². The normalized spacial score (nSPS) is 18.9. The van der Waals surface area contributed by atoms with Crippen LogP contribution in [0.3, 0.4) is 0 Å². The molecule has 1 fully saturated rings. The Bertz CT molecular complexity index is 1320. The van der Waals surface area contributed by atoms with Crippen molar-refractivity contribution in [1.82, 2.24) is 15.2 Å². The van der Waals surface area contributed by atoms with Gasteiger partial charge in [0, 0.05) is 16.0 Å². The van der Waals surface area contributed by atoms with Crippen molar-refractivity contribution >= 4 is 57.7 Å². The van der Waals surface area contributed by atoms with Crippen LogP contribution in [0, 0.1) is 5.92 Å². The summed E-state index contributed by atoms with van der Waals surface area (Å²) in [7, 11) is 1.25. The molecule has 0 saturated carbocycles. The number of azide groups is 1. The average Bonchev–Trinajstić information content (AvgIpc) is 3.36. The zero-order chi connectivity index (χ0) is 29.4. The van der Waals surface area contributed by atoms with Gasteiger partial charge in [-0.3, -0.25) is 14.5 Å². The topological polar surface area (TPSA) is 211 Å². The first-order chi connectivity index (χ1) is 19.1. The second-order valence-corrected chi connectivity index (χ2v) is 10.7. The van der Waals surface area contributed by atoms with Crippen LogP contribution in [0.25, 0.3) is 10.4 Å². The summed E-state index contributed by atoms with van der Waals surface area (Å²) in [6.45, 7) is 5.37. The first-order valence-electron chi connectivity index (χ1n) is 12.0. The van der Waals surface area contributed by atoms with Crippen molar-refractivity contribution in [2.45, 2.75) is 38.6 Å². The van der Waals surface area contributed by atoms with E-state index >= 15 is 0 Å². The Morgan fingerprint density at radius 1 is 1.40 bits per heavy atom. The maximum atomic E-state index is 13.3. The summed E-state index contributed by atoms with van der Waals surface area (Å²) in [5.74, 6) is -3.24. The van der Waals surface area contributed by atoms with Crippen LogP contribution < -0.4 is 11.1 Å². The number of fused-ring (bicyclic) bond motifs is 1. The van der Waals surface area contributed by atoms with E-state index in [1.54, 1.807) is 6.92 Å². The number of hydrogen-bond acceptors (Lipinski definition) is 13. The van der Waals surface area contributed by atoms with E-state index in [0.717, 1.165) is 16.2 Å².